The average Bonchev–Trinajstić information content (AvgIpc) is 2.79. The maximum absolute atomic E-state index is 12.8. The van der Waals surface area contributed by atoms with Crippen LogP contribution in [0.4, 0.5) is 0 Å². The van der Waals surface area contributed by atoms with Gasteiger partial charge in [0.1, 0.15) is 5.75 Å². The van der Waals surface area contributed by atoms with E-state index in [0.717, 1.165) is 49.3 Å². The van der Waals surface area contributed by atoms with Crippen LogP contribution in [0.1, 0.15) is 27.9 Å². The Kier molecular flexibility index (Phi) is 5.16. The van der Waals surface area contributed by atoms with Gasteiger partial charge in [0.05, 0.1) is 0 Å². The van der Waals surface area contributed by atoms with Crippen LogP contribution in [0, 0.1) is 0 Å². The molecule has 2 aromatic rings. The van der Waals surface area contributed by atoms with Crippen LogP contribution in [0.5, 0.6) is 5.75 Å². The van der Waals surface area contributed by atoms with E-state index in [9.17, 15) is 9.90 Å². The predicted octanol–water partition coefficient (Wildman–Crippen LogP) is 2.76. The number of amides is 1. The highest BCUT2D eigenvalue weighted by molar-refractivity contribution is 5.94. The van der Waals surface area contributed by atoms with Gasteiger partial charge in [0.25, 0.3) is 5.91 Å². The molecule has 3 rings (SSSR count). The van der Waals surface area contributed by atoms with Gasteiger partial charge in [-0.15, -0.1) is 0 Å². The van der Waals surface area contributed by atoms with E-state index in [-0.39, 0.29) is 11.7 Å². The van der Waals surface area contributed by atoms with E-state index < -0.39 is 0 Å². The summed E-state index contributed by atoms with van der Waals surface area (Å²) >= 11 is 0. The maximum atomic E-state index is 12.8. The fraction of sp³-hybridized carbons (Fsp3) is 0.350. The molecule has 0 atom stereocenters. The Morgan fingerprint density at radius 1 is 1.00 bits per heavy atom. The summed E-state index contributed by atoms with van der Waals surface area (Å²) in [5.74, 6) is 0.386. The number of hydrogen-bond acceptors (Lipinski definition) is 3. The second kappa shape index (κ2) is 7.49. The number of carbonyl (C=O) groups excluding carboxylic acids is 1. The van der Waals surface area contributed by atoms with E-state index in [1.807, 2.05) is 41.3 Å². The Morgan fingerprint density at radius 3 is 2.54 bits per heavy atom. The van der Waals surface area contributed by atoms with Crippen LogP contribution < -0.4 is 0 Å². The molecule has 0 saturated carbocycles. The first-order chi connectivity index (χ1) is 11.6. The topological polar surface area (TPSA) is 43.8 Å². The zero-order valence-electron chi connectivity index (χ0n) is 14.1. The minimum atomic E-state index is 0.114. The zero-order chi connectivity index (χ0) is 16.9. The molecule has 0 bridgehead atoms. The third kappa shape index (κ3) is 4.15. The quantitative estimate of drug-likeness (QED) is 0.944. The number of phenols is 1. The van der Waals surface area contributed by atoms with Gasteiger partial charge in [0.15, 0.2) is 0 Å². The van der Waals surface area contributed by atoms with Crippen LogP contribution in [-0.2, 0) is 6.42 Å². The van der Waals surface area contributed by atoms with Crippen LogP contribution in [0.25, 0.3) is 0 Å². The molecule has 2 aromatic carbocycles. The second-order valence-corrected chi connectivity index (χ2v) is 6.50. The Bertz CT molecular complexity index is 714. The normalized spacial score (nSPS) is 16.0. The largest absolute Gasteiger partial charge is 0.508 e. The number of nitrogens with zero attached hydrogens (tertiary/aromatic N) is 2. The molecule has 4 heteroatoms. The van der Waals surface area contributed by atoms with Crippen molar-refractivity contribution in [3.8, 4) is 5.75 Å². The van der Waals surface area contributed by atoms with Gasteiger partial charge in [-0.2, -0.15) is 0 Å². The van der Waals surface area contributed by atoms with Gasteiger partial charge in [-0.05, 0) is 61.8 Å². The minimum absolute atomic E-state index is 0.114. The molecular formula is C20H24N2O2. The summed E-state index contributed by atoms with van der Waals surface area (Å²) in [6.07, 6.45) is 1.73. The Labute approximate surface area is 143 Å². The molecule has 1 aliphatic heterocycles. The van der Waals surface area contributed by atoms with Gasteiger partial charge in [0.2, 0.25) is 0 Å². The number of aromatic hydroxyl groups is 1. The lowest BCUT2D eigenvalue weighted by atomic mass is 10.0. The second-order valence-electron chi connectivity index (χ2n) is 6.50. The number of carbonyl (C=O) groups is 1. The van der Waals surface area contributed by atoms with E-state index in [1.54, 1.807) is 12.1 Å². The highest BCUT2D eigenvalue weighted by atomic mass is 16.3. The van der Waals surface area contributed by atoms with Gasteiger partial charge < -0.3 is 14.9 Å². The Morgan fingerprint density at radius 2 is 1.75 bits per heavy atom. The molecule has 1 fully saturated rings. The van der Waals surface area contributed by atoms with Crippen LogP contribution in [0.3, 0.4) is 0 Å². The van der Waals surface area contributed by atoms with Crippen molar-refractivity contribution in [3.63, 3.8) is 0 Å². The van der Waals surface area contributed by atoms with Crippen molar-refractivity contribution in [2.75, 3.05) is 33.2 Å². The number of hydrogen-bond donors (Lipinski definition) is 1. The zero-order valence-corrected chi connectivity index (χ0v) is 14.1. The van der Waals surface area contributed by atoms with Crippen molar-refractivity contribution < 1.29 is 9.90 Å². The number of likely N-dealkylation sites (N-methyl/N-ethyl adjacent to an activating group) is 1. The average molecular weight is 324 g/mol. The van der Waals surface area contributed by atoms with Crippen molar-refractivity contribution in [1.82, 2.24) is 9.80 Å². The summed E-state index contributed by atoms with van der Waals surface area (Å²) in [5, 5.41) is 9.59. The van der Waals surface area contributed by atoms with Gasteiger partial charge >= 0.3 is 0 Å². The maximum Gasteiger partial charge on any atom is 0.253 e. The first-order valence-electron chi connectivity index (χ1n) is 8.46. The molecule has 0 aliphatic carbocycles. The van der Waals surface area contributed by atoms with Crippen molar-refractivity contribution in [3.05, 3.63) is 65.2 Å². The summed E-state index contributed by atoms with van der Waals surface area (Å²) in [6, 6.07) is 15.1. The van der Waals surface area contributed by atoms with Crippen molar-refractivity contribution in [2.45, 2.75) is 12.8 Å². The first-order valence-corrected chi connectivity index (χ1v) is 8.46. The van der Waals surface area contributed by atoms with Crippen LogP contribution in [0.2, 0.25) is 0 Å². The van der Waals surface area contributed by atoms with E-state index >= 15 is 0 Å². The molecule has 1 aliphatic rings. The third-order valence-corrected chi connectivity index (χ3v) is 4.50. The standard InChI is InChI=1S/C20H24N2O2/c1-21-9-4-10-22(12-11-21)20(24)18-7-2-5-16(14-18)13-17-6-3-8-19(23)15-17/h2-3,5-8,14-15,23H,4,9-13H2,1H3. The number of benzene rings is 2. The molecule has 0 unspecified atom stereocenters. The van der Waals surface area contributed by atoms with Crippen molar-refractivity contribution in [2.24, 2.45) is 0 Å². The first kappa shape index (κ1) is 16.5. The SMILES string of the molecule is CN1CCCN(C(=O)c2cccc(Cc3cccc(O)c3)c2)CC1. The highest BCUT2D eigenvalue weighted by Crippen LogP contribution is 2.17. The lowest BCUT2D eigenvalue weighted by Crippen LogP contribution is -2.34. The smallest absolute Gasteiger partial charge is 0.253 e. The Balaban J connectivity index is 1.73. The van der Waals surface area contributed by atoms with Crippen LogP contribution >= 0.6 is 0 Å². The van der Waals surface area contributed by atoms with Crippen LogP contribution in [0.15, 0.2) is 48.5 Å². The molecule has 1 heterocycles. The monoisotopic (exact) mass is 324 g/mol. The minimum Gasteiger partial charge on any atom is -0.508 e. The molecule has 126 valence electrons. The third-order valence-electron chi connectivity index (χ3n) is 4.50. The molecule has 1 N–H and O–H groups in total. The van der Waals surface area contributed by atoms with Gasteiger partial charge in [-0.25, -0.2) is 0 Å². The summed E-state index contributed by atoms with van der Waals surface area (Å²) in [5.41, 5.74) is 2.87. The Hall–Kier alpha value is -2.33. The van der Waals surface area contributed by atoms with Crippen LogP contribution in [-0.4, -0.2) is 54.0 Å². The van der Waals surface area contributed by atoms with Crippen molar-refractivity contribution in [1.29, 1.82) is 0 Å². The van der Waals surface area contributed by atoms with Gasteiger partial charge in [-0.1, -0.05) is 24.3 Å². The van der Waals surface area contributed by atoms with E-state index in [1.165, 1.54) is 0 Å². The molecular weight excluding hydrogens is 300 g/mol. The van der Waals surface area contributed by atoms with Gasteiger partial charge in [-0.3, -0.25) is 4.79 Å². The summed E-state index contributed by atoms with van der Waals surface area (Å²) < 4.78 is 0. The molecule has 1 amide bonds. The molecule has 4 nitrogen and oxygen atoms in total. The fourth-order valence-corrected chi connectivity index (χ4v) is 3.15. The molecule has 0 radical (unpaired) electrons. The van der Waals surface area contributed by atoms with Crippen molar-refractivity contribution >= 4 is 5.91 Å². The summed E-state index contributed by atoms with van der Waals surface area (Å²) in [6.45, 7) is 3.57. The van der Waals surface area contributed by atoms with E-state index in [4.69, 9.17) is 0 Å². The molecule has 24 heavy (non-hydrogen) atoms. The lowest BCUT2D eigenvalue weighted by molar-refractivity contribution is 0.0762. The highest BCUT2D eigenvalue weighted by Gasteiger charge is 2.19. The fourth-order valence-electron chi connectivity index (χ4n) is 3.15. The van der Waals surface area contributed by atoms with E-state index in [0.29, 0.717) is 6.42 Å². The van der Waals surface area contributed by atoms with Gasteiger partial charge in [0, 0.05) is 25.2 Å². The molecule has 0 aromatic heterocycles. The number of phenolic OH excluding ortho intramolecular Hbond substituents is 1. The molecule has 0 spiro atoms. The van der Waals surface area contributed by atoms with E-state index in [2.05, 4.69) is 11.9 Å². The summed E-state index contributed by atoms with van der Waals surface area (Å²) in [4.78, 5) is 17.0. The summed E-state index contributed by atoms with van der Waals surface area (Å²) in [7, 11) is 2.10. The number of rotatable bonds is 3. The predicted molar refractivity (Wildman–Crippen MR) is 95.4 cm³/mol. The lowest BCUT2D eigenvalue weighted by Gasteiger charge is -2.21. The molecule has 1 saturated heterocycles.